The average molecular weight is 315 g/mol. The van der Waals surface area contributed by atoms with Gasteiger partial charge < -0.3 is 10.2 Å². The van der Waals surface area contributed by atoms with Gasteiger partial charge in [-0.25, -0.2) is 0 Å². The van der Waals surface area contributed by atoms with E-state index in [9.17, 15) is 0 Å². The van der Waals surface area contributed by atoms with Crippen LogP contribution in [-0.4, -0.2) is 49.6 Å². The van der Waals surface area contributed by atoms with E-state index in [1.807, 2.05) is 11.8 Å². The fourth-order valence-electron chi connectivity index (χ4n) is 3.49. The summed E-state index contributed by atoms with van der Waals surface area (Å²) in [6, 6.07) is 0.708. The van der Waals surface area contributed by atoms with Crippen LogP contribution >= 0.6 is 11.8 Å². The fourth-order valence-corrected chi connectivity index (χ4v) is 4.07. The SMILES string of the molecule is CCCNCC1(CN(C)C(C)CCSC)CCC(C)CC1. The van der Waals surface area contributed by atoms with E-state index < -0.39 is 0 Å². The molecule has 1 aliphatic rings. The highest BCUT2D eigenvalue weighted by Gasteiger charge is 2.35. The molecule has 2 nitrogen and oxygen atoms in total. The topological polar surface area (TPSA) is 15.3 Å². The molecule has 0 amide bonds. The van der Waals surface area contributed by atoms with E-state index in [1.54, 1.807) is 0 Å². The van der Waals surface area contributed by atoms with Crippen LogP contribution in [0.4, 0.5) is 0 Å². The number of thioether (sulfide) groups is 1. The molecule has 0 aromatic rings. The van der Waals surface area contributed by atoms with Crippen molar-refractivity contribution < 1.29 is 0 Å². The van der Waals surface area contributed by atoms with E-state index in [0.717, 1.165) is 5.92 Å². The lowest BCUT2D eigenvalue weighted by atomic mass is 9.70. The minimum Gasteiger partial charge on any atom is -0.316 e. The van der Waals surface area contributed by atoms with Gasteiger partial charge in [0.15, 0.2) is 0 Å². The smallest absolute Gasteiger partial charge is 0.00719 e. The normalized spacial score (nSPS) is 28.0. The zero-order chi connectivity index (χ0) is 15.7. The molecule has 1 unspecified atom stereocenters. The first-order valence-electron chi connectivity index (χ1n) is 8.93. The summed E-state index contributed by atoms with van der Waals surface area (Å²) in [4.78, 5) is 2.62. The zero-order valence-corrected chi connectivity index (χ0v) is 15.9. The van der Waals surface area contributed by atoms with Gasteiger partial charge in [0.25, 0.3) is 0 Å². The first-order valence-corrected chi connectivity index (χ1v) is 10.3. The predicted octanol–water partition coefficient (Wildman–Crippen LogP) is 4.26. The van der Waals surface area contributed by atoms with E-state index in [2.05, 4.69) is 44.3 Å². The van der Waals surface area contributed by atoms with E-state index in [1.165, 1.54) is 63.9 Å². The third-order valence-electron chi connectivity index (χ3n) is 5.34. The molecule has 0 saturated heterocycles. The number of hydrogen-bond donors (Lipinski definition) is 1. The minimum absolute atomic E-state index is 0.518. The summed E-state index contributed by atoms with van der Waals surface area (Å²) in [7, 11) is 2.34. The third-order valence-corrected chi connectivity index (χ3v) is 5.98. The van der Waals surface area contributed by atoms with Gasteiger partial charge in [-0.2, -0.15) is 11.8 Å². The molecule has 0 heterocycles. The molecule has 0 radical (unpaired) electrons. The molecule has 3 heteroatoms. The van der Waals surface area contributed by atoms with E-state index in [-0.39, 0.29) is 0 Å². The molecule has 1 rings (SSSR count). The van der Waals surface area contributed by atoms with E-state index >= 15 is 0 Å². The Labute approximate surface area is 137 Å². The Morgan fingerprint density at radius 1 is 1.33 bits per heavy atom. The van der Waals surface area contributed by atoms with Gasteiger partial charge in [-0.15, -0.1) is 0 Å². The molecule has 1 saturated carbocycles. The molecule has 1 atom stereocenters. The van der Waals surface area contributed by atoms with Crippen molar-refractivity contribution in [3.05, 3.63) is 0 Å². The molecule has 1 N–H and O–H groups in total. The fraction of sp³-hybridized carbons (Fsp3) is 1.00. The van der Waals surface area contributed by atoms with Gasteiger partial charge in [0, 0.05) is 19.1 Å². The summed E-state index contributed by atoms with van der Waals surface area (Å²) < 4.78 is 0. The maximum Gasteiger partial charge on any atom is 0.00719 e. The van der Waals surface area contributed by atoms with Crippen LogP contribution in [0.1, 0.15) is 59.3 Å². The largest absolute Gasteiger partial charge is 0.316 e. The second-order valence-electron chi connectivity index (χ2n) is 7.40. The van der Waals surface area contributed by atoms with Crippen molar-refractivity contribution in [2.45, 2.75) is 65.3 Å². The van der Waals surface area contributed by atoms with Gasteiger partial charge in [0.05, 0.1) is 0 Å². The zero-order valence-electron chi connectivity index (χ0n) is 15.1. The Morgan fingerprint density at radius 3 is 2.57 bits per heavy atom. The summed E-state index contributed by atoms with van der Waals surface area (Å²) in [6.45, 7) is 10.7. The van der Waals surface area contributed by atoms with Crippen molar-refractivity contribution in [1.29, 1.82) is 0 Å². The van der Waals surface area contributed by atoms with Gasteiger partial charge >= 0.3 is 0 Å². The Bertz CT molecular complexity index is 262. The summed E-state index contributed by atoms with van der Waals surface area (Å²) in [5, 5.41) is 3.72. The van der Waals surface area contributed by atoms with Crippen LogP contribution in [0.25, 0.3) is 0 Å². The minimum atomic E-state index is 0.518. The van der Waals surface area contributed by atoms with Crippen molar-refractivity contribution >= 4 is 11.8 Å². The van der Waals surface area contributed by atoms with Crippen molar-refractivity contribution in [2.75, 3.05) is 38.7 Å². The Balaban J connectivity index is 2.55. The summed E-state index contributed by atoms with van der Waals surface area (Å²) >= 11 is 1.97. The van der Waals surface area contributed by atoms with Gasteiger partial charge in [-0.05, 0) is 69.5 Å². The highest BCUT2D eigenvalue weighted by atomic mass is 32.2. The van der Waals surface area contributed by atoms with Crippen molar-refractivity contribution in [3.8, 4) is 0 Å². The van der Waals surface area contributed by atoms with Gasteiger partial charge in [-0.1, -0.05) is 26.7 Å². The van der Waals surface area contributed by atoms with Crippen LogP contribution in [0.3, 0.4) is 0 Å². The average Bonchev–Trinajstić information content (AvgIpc) is 2.48. The Morgan fingerprint density at radius 2 is 2.00 bits per heavy atom. The number of rotatable bonds is 10. The van der Waals surface area contributed by atoms with Gasteiger partial charge in [0.1, 0.15) is 0 Å². The van der Waals surface area contributed by atoms with Crippen LogP contribution < -0.4 is 5.32 Å². The summed E-state index contributed by atoms with van der Waals surface area (Å²) in [5.41, 5.74) is 0.518. The lowest BCUT2D eigenvalue weighted by Gasteiger charge is -2.43. The monoisotopic (exact) mass is 314 g/mol. The Kier molecular flexibility index (Phi) is 9.31. The van der Waals surface area contributed by atoms with Crippen LogP contribution in [0.5, 0.6) is 0 Å². The Hall–Kier alpha value is 0.270. The molecule has 0 spiro atoms. The van der Waals surface area contributed by atoms with Crippen LogP contribution in [-0.2, 0) is 0 Å². The van der Waals surface area contributed by atoms with Gasteiger partial charge in [0.2, 0.25) is 0 Å². The maximum absolute atomic E-state index is 3.72. The summed E-state index contributed by atoms with van der Waals surface area (Å²) in [6.07, 6.45) is 10.4. The second kappa shape index (κ2) is 10.1. The van der Waals surface area contributed by atoms with E-state index in [0.29, 0.717) is 11.5 Å². The molecular weight excluding hydrogens is 276 g/mol. The van der Waals surface area contributed by atoms with Gasteiger partial charge in [-0.3, -0.25) is 0 Å². The molecule has 1 aliphatic carbocycles. The lowest BCUT2D eigenvalue weighted by Crippen LogP contribution is -2.47. The van der Waals surface area contributed by atoms with Crippen LogP contribution in [0.15, 0.2) is 0 Å². The molecule has 0 bridgehead atoms. The number of nitrogens with one attached hydrogen (secondary N) is 1. The molecule has 126 valence electrons. The van der Waals surface area contributed by atoms with E-state index in [4.69, 9.17) is 0 Å². The third kappa shape index (κ3) is 6.92. The molecule has 0 aliphatic heterocycles. The highest BCUT2D eigenvalue weighted by Crippen LogP contribution is 2.39. The van der Waals surface area contributed by atoms with Crippen LogP contribution in [0, 0.1) is 11.3 Å². The lowest BCUT2D eigenvalue weighted by molar-refractivity contribution is 0.0815. The molecule has 0 aromatic heterocycles. The predicted molar refractivity (Wildman–Crippen MR) is 98.3 cm³/mol. The van der Waals surface area contributed by atoms with Crippen molar-refractivity contribution in [1.82, 2.24) is 10.2 Å². The number of nitrogens with zero attached hydrogens (tertiary/aromatic N) is 1. The summed E-state index contributed by atoms with van der Waals surface area (Å²) in [5.74, 6) is 2.22. The number of hydrogen-bond acceptors (Lipinski definition) is 3. The van der Waals surface area contributed by atoms with Crippen molar-refractivity contribution in [2.24, 2.45) is 11.3 Å². The first-order chi connectivity index (χ1) is 10.0. The van der Waals surface area contributed by atoms with Crippen molar-refractivity contribution in [3.63, 3.8) is 0 Å². The quantitative estimate of drug-likeness (QED) is 0.607. The standard InChI is InChI=1S/C18H38N2S/c1-6-12-19-14-18(10-7-16(2)8-11-18)15-20(4)17(3)9-13-21-5/h16-17,19H,6-15H2,1-5H3. The second-order valence-corrected chi connectivity index (χ2v) is 8.39. The van der Waals surface area contributed by atoms with Crippen LogP contribution in [0.2, 0.25) is 0 Å². The maximum atomic E-state index is 3.72. The molecular formula is C18H38N2S. The molecule has 21 heavy (non-hydrogen) atoms. The highest BCUT2D eigenvalue weighted by molar-refractivity contribution is 7.98. The first kappa shape index (κ1) is 19.3. The molecule has 1 fully saturated rings. The molecule has 0 aromatic carbocycles.